The van der Waals surface area contributed by atoms with Gasteiger partial charge in [0.2, 0.25) is 5.88 Å². The fourth-order valence-corrected chi connectivity index (χ4v) is 1.62. The monoisotopic (exact) mass is 236 g/mol. The molecule has 5 heteroatoms. The Hall–Kier alpha value is -1.88. The number of aliphatic hydroxyl groups is 1. The van der Waals surface area contributed by atoms with Crippen LogP contribution in [0.25, 0.3) is 0 Å². The second-order valence-corrected chi connectivity index (χ2v) is 3.68. The minimum atomic E-state index is -0.449. The molecule has 2 aromatic rings. The van der Waals surface area contributed by atoms with Crippen LogP contribution in [-0.4, -0.2) is 14.9 Å². The molecule has 0 atom stereocenters. The highest BCUT2D eigenvalue weighted by molar-refractivity contribution is 5.35. The van der Waals surface area contributed by atoms with Crippen molar-refractivity contribution in [2.75, 3.05) is 0 Å². The Labute approximate surface area is 98.3 Å². The molecule has 90 valence electrons. The zero-order valence-electron chi connectivity index (χ0n) is 9.64. The van der Waals surface area contributed by atoms with Gasteiger partial charge in [-0.25, -0.2) is 9.07 Å². The topological polar surface area (TPSA) is 47.3 Å². The van der Waals surface area contributed by atoms with Crippen molar-refractivity contribution in [1.82, 2.24) is 9.78 Å². The van der Waals surface area contributed by atoms with E-state index in [0.29, 0.717) is 17.1 Å². The first-order chi connectivity index (χ1) is 8.13. The molecular weight excluding hydrogens is 223 g/mol. The van der Waals surface area contributed by atoms with E-state index in [2.05, 4.69) is 5.10 Å². The first-order valence-corrected chi connectivity index (χ1v) is 5.19. The van der Waals surface area contributed by atoms with Gasteiger partial charge in [0.25, 0.3) is 0 Å². The van der Waals surface area contributed by atoms with E-state index >= 15 is 0 Å². The molecule has 2 rings (SSSR count). The molecule has 0 spiro atoms. The van der Waals surface area contributed by atoms with Crippen molar-refractivity contribution in [3.05, 3.63) is 41.3 Å². The molecule has 17 heavy (non-hydrogen) atoms. The van der Waals surface area contributed by atoms with E-state index < -0.39 is 5.82 Å². The number of benzene rings is 1. The van der Waals surface area contributed by atoms with Crippen molar-refractivity contribution in [2.24, 2.45) is 7.05 Å². The SMILES string of the molecule is Cc1nn(C)c(Oc2ccccc2F)c1CO. The molecule has 4 nitrogen and oxygen atoms in total. The minimum Gasteiger partial charge on any atom is -0.436 e. The average Bonchev–Trinajstić information content (AvgIpc) is 2.56. The fraction of sp³-hybridized carbons (Fsp3) is 0.250. The molecule has 1 N–H and O–H groups in total. The zero-order valence-corrected chi connectivity index (χ0v) is 9.64. The van der Waals surface area contributed by atoms with E-state index in [4.69, 9.17) is 4.74 Å². The van der Waals surface area contributed by atoms with Gasteiger partial charge in [-0.15, -0.1) is 0 Å². The third-order valence-corrected chi connectivity index (χ3v) is 2.49. The first kappa shape index (κ1) is 11.6. The average molecular weight is 236 g/mol. The summed E-state index contributed by atoms with van der Waals surface area (Å²) in [5, 5.41) is 13.3. The normalized spacial score (nSPS) is 10.6. The highest BCUT2D eigenvalue weighted by Crippen LogP contribution is 2.28. The van der Waals surface area contributed by atoms with Crippen LogP contribution in [-0.2, 0) is 13.7 Å². The Morgan fingerprint density at radius 3 is 2.76 bits per heavy atom. The van der Waals surface area contributed by atoms with Crippen LogP contribution >= 0.6 is 0 Å². The molecular formula is C12H13FN2O2. The van der Waals surface area contributed by atoms with Gasteiger partial charge in [-0.3, -0.25) is 0 Å². The largest absolute Gasteiger partial charge is 0.436 e. The number of hydrogen-bond acceptors (Lipinski definition) is 3. The van der Waals surface area contributed by atoms with Gasteiger partial charge >= 0.3 is 0 Å². The molecule has 0 amide bonds. The number of aromatic nitrogens is 2. The zero-order chi connectivity index (χ0) is 12.4. The molecule has 0 aliphatic heterocycles. The van der Waals surface area contributed by atoms with E-state index in [-0.39, 0.29) is 12.4 Å². The van der Waals surface area contributed by atoms with E-state index in [1.54, 1.807) is 26.1 Å². The number of aliphatic hydroxyl groups excluding tert-OH is 1. The summed E-state index contributed by atoms with van der Waals surface area (Å²) in [4.78, 5) is 0. The van der Waals surface area contributed by atoms with Crippen LogP contribution in [0.5, 0.6) is 11.6 Å². The van der Waals surface area contributed by atoms with Crippen molar-refractivity contribution in [1.29, 1.82) is 0 Å². The Morgan fingerprint density at radius 2 is 2.12 bits per heavy atom. The quantitative estimate of drug-likeness (QED) is 0.888. The van der Waals surface area contributed by atoms with Crippen LogP contribution < -0.4 is 4.74 Å². The summed E-state index contributed by atoms with van der Waals surface area (Å²) in [5.41, 5.74) is 1.23. The standard InChI is InChI=1S/C12H13FN2O2/c1-8-9(7-16)12(15(2)14-8)17-11-6-4-3-5-10(11)13/h3-6,16H,7H2,1-2H3. The second kappa shape index (κ2) is 4.55. The maximum Gasteiger partial charge on any atom is 0.223 e. The van der Waals surface area contributed by atoms with Crippen LogP contribution in [0.2, 0.25) is 0 Å². The van der Waals surface area contributed by atoms with Gasteiger partial charge in [0.15, 0.2) is 11.6 Å². The number of para-hydroxylation sites is 1. The van der Waals surface area contributed by atoms with Gasteiger partial charge in [0, 0.05) is 7.05 Å². The Bertz CT molecular complexity index is 537. The number of aryl methyl sites for hydroxylation is 2. The summed E-state index contributed by atoms with van der Waals surface area (Å²) < 4.78 is 20.4. The second-order valence-electron chi connectivity index (χ2n) is 3.68. The first-order valence-electron chi connectivity index (χ1n) is 5.19. The van der Waals surface area contributed by atoms with Gasteiger partial charge in [-0.2, -0.15) is 5.10 Å². The highest BCUT2D eigenvalue weighted by Gasteiger charge is 2.15. The molecule has 0 aliphatic carbocycles. The van der Waals surface area contributed by atoms with Crippen molar-refractivity contribution in [3.8, 4) is 11.6 Å². The van der Waals surface area contributed by atoms with Gasteiger partial charge in [0.05, 0.1) is 17.9 Å². The summed E-state index contributed by atoms with van der Waals surface area (Å²) in [6.45, 7) is 1.57. The van der Waals surface area contributed by atoms with Crippen LogP contribution in [0.3, 0.4) is 0 Å². The van der Waals surface area contributed by atoms with Crippen LogP contribution in [0.1, 0.15) is 11.3 Å². The van der Waals surface area contributed by atoms with Crippen molar-refractivity contribution in [3.63, 3.8) is 0 Å². The Kier molecular flexibility index (Phi) is 3.10. The van der Waals surface area contributed by atoms with Gasteiger partial charge in [0.1, 0.15) is 0 Å². The molecule has 1 heterocycles. The summed E-state index contributed by atoms with van der Waals surface area (Å²) in [7, 11) is 1.68. The maximum atomic E-state index is 13.4. The van der Waals surface area contributed by atoms with Gasteiger partial charge in [-0.1, -0.05) is 12.1 Å². The Balaban J connectivity index is 2.40. The molecule has 0 aliphatic rings. The molecule has 1 aromatic heterocycles. The molecule has 0 radical (unpaired) electrons. The molecule has 1 aromatic carbocycles. The summed E-state index contributed by atoms with van der Waals surface area (Å²) in [6, 6.07) is 6.11. The lowest BCUT2D eigenvalue weighted by Crippen LogP contribution is -1.98. The van der Waals surface area contributed by atoms with E-state index in [1.165, 1.54) is 16.8 Å². The highest BCUT2D eigenvalue weighted by atomic mass is 19.1. The summed E-state index contributed by atoms with van der Waals surface area (Å²) in [5.74, 6) is 0.0237. The lowest BCUT2D eigenvalue weighted by atomic mass is 10.2. The van der Waals surface area contributed by atoms with Crippen molar-refractivity contribution >= 4 is 0 Å². The molecule has 0 fully saturated rings. The van der Waals surface area contributed by atoms with Crippen LogP contribution in [0, 0.1) is 12.7 Å². The third-order valence-electron chi connectivity index (χ3n) is 2.49. The predicted molar refractivity (Wildman–Crippen MR) is 60.3 cm³/mol. The van der Waals surface area contributed by atoms with Gasteiger partial charge < -0.3 is 9.84 Å². The maximum absolute atomic E-state index is 13.4. The molecule has 0 saturated carbocycles. The van der Waals surface area contributed by atoms with Crippen molar-refractivity contribution in [2.45, 2.75) is 13.5 Å². The van der Waals surface area contributed by atoms with Crippen molar-refractivity contribution < 1.29 is 14.2 Å². The predicted octanol–water partition coefficient (Wildman–Crippen LogP) is 2.15. The van der Waals surface area contributed by atoms with Crippen LogP contribution in [0.15, 0.2) is 24.3 Å². The minimum absolute atomic E-state index is 0.116. The number of hydrogen-bond donors (Lipinski definition) is 1. The van der Waals surface area contributed by atoms with E-state index in [0.717, 1.165) is 0 Å². The smallest absolute Gasteiger partial charge is 0.223 e. The van der Waals surface area contributed by atoms with E-state index in [1.807, 2.05) is 0 Å². The number of ether oxygens (including phenoxy) is 1. The van der Waals surface area contributed by atoms with Gasteiger partial charge in [-0.05, 0) is 19.1 Å². The molecule has 0 unspecified atom stereocenters. The lowest BCUT2D eigenvalue weighted by molar-refractivity contribution is 0.273. The van der Waals surface area contributed by atoms with Crippen LogP contribution in [0.4, 0.5) is 4.39 Å². The summed E-state index contributed by atoms with van der Waals surface area (Å²) in [6.07, 6.45) is 0. The molecule has 0 saturated heterocycles. The number of nitrogens with zero attached hydrogens (tertiary/aromatic N) is 2. The lowest BCUT2D eigenvalue weighted by Gasteiger charge is -2.08. The number of halogens is 1. The Morgan fingerprint density at radius 1 is 1.41 bits per heavy atom. The number of rotatable bonds is 3. The van der Waals surface area contributed by atoms with E-state index in [9.17, 15) is 9.50 Å². The summed E-state index contributed by atoms with van der Waals surface area (Å²) >= 11 is 0. The fourth-order valence-electron chi connectivity index (χ4n) is 1.62. The third kappa shape index (κ3) is 2.14. The molecule has 0 bridgehead atoms.